The van der Waals surface area contributed by atoms with Crippen LogP contribution in [-0.4, -0.2) is 58.5 Å². The third-order valence-corrected chi connectivity index (χ3v) is 6.22. The molecule has 0 spiro atoms. The molecule has 1 unspecified atom stereocenters. The van der Waals surface area contributed by atoms with E-state index in [-0.39, 0.29) is 22.9 Å². The van der Waals surface area contributed by atoms with Crippen molar-refractivity contribution in [3.63, 3.8) is 0 Å². The van der Waals surface area contributed by atoms with E-state index in [1.807, 2.05) is 0 Å². The Morgan fingerprint density at radius 3 is 2.48 bits per heavy atom. The lowest BCUT2D eigenvalue weighted by Gasteiger charge is -2.35. The zero-order valence-electron chi connectivity index (χ0n) is 16.6. The van der Waals surface area contributed by atoms with E-state index in [1.54, 1.807) is 34.1 Å². The highest BCUT2D eigenvalue weighted by Gasteiger charge is 2.50. The van der Waals surface area contributed by atoms with E-state index in [0.717, 1.165) is 5.69 Å². The second-order valence-electron chi connectivity index (χ2n) is 8.13. The topological polar surface area (TPSA) is 82.1 Å². The molecule has 1 saturated carbocycles. The number of anilines is 1. The van der Waals surface area contributed by atoms with Gasteiger partial charge in [0.25, 0.3) is 11.8 Å². The van der Waals surface area contributed by atoms with Crippen molar-refractivity contribution in [1.29, 1.82) is 0 Å². The SMILES string of the molecule is O=C(c1ccc(C2Nc3ccc(Cl)cc3O2)c(F)c1)N1CCN(C(=O)C2(O)CC2)CC1. The molecule has 162 valence electrons. The quantitative estimate of drug-likeness (QED) is 0.759. The van der Waals surface area contributed by atoms with Crippen LogP contribution < -0.4 is 10.1 Å². The van der Waals surface area contributed by atoms with E-state index in [9.17, 15) is 19.1 Å². The van der Waals surface area contributed by atoms with E-state index in [2.05, 4.69) is 5.32 Å². The van der Waals surface area contributed by atoms with Crippen molar-refractivity contribution in [2.75, 3.05) is 31.5 Å². The van der Waals surface area contributed by atoms with Crippen LogP contribution in [0.3, 0.4) is 0 Å². The zero-order valence-corrected chi connectivity index (χ0v) is 17.4. The smallest absolute Gasteiger partial charge is 0.254 e. The molecule has 2 amide bonds. The van der Waals surface area contributed by atoms with Crippen LogP contribution in [0.15, 0.2) is 36.4 Å². The van der Waals surface area contributed by atoms with Gasteiger partial charge < -0.3 is 25.0 Å². The van der Waals surface area contributed by atoms with Crippen molar-refractivity contribution >= 4 is 29.1 Å². The van der Waals surface area contributed by atoms with Crippen LogP contribution in [0.5, 0.6) is 5.75 Å². The fourth-order valence-electron chi connectivity index (χ4n) is 3.95. The number of rotatable bonds is 3. The van der Waals surface area contributed by atoms with Gasteiger partial charge in [-0.05, 0) is 43.2 Å². The van der Waals surface area contributed by atoms with Crippen molar-refractivity contribution in [1.82, 2.24) is 9.80 Å². The summed E-state index contributed by atoms with van der Waals surface area (Å²) in [4.78, 5) is 28.3. The average molecular weight is 446 g/mol. The highest BCUT2D eigenvalue weighted by atomic mass is 35.5. The number of carbonyl (C=O) groups is 2. The summed E-state index contributed by atoms with van der Waals surface area (Å²) in [6.07, 6.45) is 0.281. The minimum atomic E-state index is -1.20. The van der Waals surface area contributed by atoms with Crippen LogP contribution in [0.4, 0.5) is 10.1 Å². The molecule has 2 N–H and O–H groups in total. The highest BCUT2D eigenvalue weighted by Crippen LogP contribution is 2.40. The van der Waals surface area contributed by atoms with E-state index < -0.39 is 17.6 Å². The number of hydrogen-bond acceptors (Lipinski definition) is 5. The molecule has 1 aliphatic carbocycles. The first-order chi connectivity index (χ1) is 14.8. The number of halogens is 2. The van der Waals surface area contributed by atoms with Crippen LogP contribution in [0.25, 0.3) is 0 Å². The largest absolute Gasteiger partial charge is 0.464 e. The normalized spacial score (nSPS) is 21.2. The molecular weight excluding hydrogens is 425 g/mol. The fraction of sp³-hybridized carbons (Fsp3) is 0.364. The summed E-state index contributed by atoms with van der Waals surface area (Å²) < 4.78 is 20.6. The lowest BCUT2D eigenvalue weighted by molar-refractivity contribution is -0.143. The molecule has 7 nitrogen and oxygen atoms in total. The zero-order chi connectivity index (χ0) is 21.8. The van der Waals surface area contributed by atoms with Crippen molar-refractivity contribution in [2.24, 2.45) is 0 Å². The maximum Gasteiger partial charge on any atom is 0.254 e. The van der Waals surface area contributed by atoms with Gasteiger partial charge in [-0.3, -0.25) is 9.59 Å². The molecule has 0 aromatic heterocycles. The average Bonchev–Trinajstić information content (AvgIpc) is 3.39. The Morgan fingerprint density at radius 2 is 1.81 bits per heavy atom. The van der Waals surface area contributed by atoms with Gasteiger partial charge in [-0.25, -0.2) is 4.39 Å². The van der Waals surface area contributed by atoms with Gasteiger partial charge in [0, 0.05) is 48.4 Å². The standard InChI is InChI=1S/C22H21ClFN3O4/c23-14-2-4-17-18(12-14)31-19(25-17)15-3-1-13(11-16(15)24)20(28)26-7-9-27(10-8-26)21(29)22(30)5-6-22/h1-4,11-12,19,25,30H,5-10H2. The summed E-state index contributed by atoms with van der Waals surface area (Å²) in [5, 5.41) is 13.6. The van der Waals surface area contributed by atoms with Crippen LogP contribution >= 0.6 is 11.6 Å². The van der Waals surface area contributed by atoms with Crippen molar-refractivity contribution in [3.05, 3.63) is 58.4 Å². The predicted octanol–water partition coefficient (Wildman–Crippen LogP) is 2.79. The molecule has 2 aliphatic heterocycles. The van der Waals surface area contributed by atoms with Crippen LogP contribution in [-0.2, 0) is 4.79 Å². The number of ether oxygens (including phenoxy) is 1. The Kier molecular flexibility index (Phi) is 4.79. The fourth-order valence-corrected chi connectivity index (χ4v) is 4.11. The number of amides is 2. The molecule has 2 aromatic carbocycles. The van der Waals surface area contributed by atoms with E-state index in [4.69, 9.17) is 16.3 Å². The molecule has 3 aliphatic rings. The van der Waals surface area contributed by atoms with Crippen molar-refractivity contribution < 1.29 is 23.8 Å². The van der Waals surface area contributed by atoms with Gasteiger partial charge in [0.15, 0.2) is 6.23 Å². The first-order valence-corrected chi connectivity index (χ1v) is 10.6. The van der Waals surface area contributed by atoms with Crippen LogP contribution in [0, 0.1) is 5.82 Å². The summed E-state index contributed by atoms with van der Waals surface area (Å²) >= 11 is 5.97. The van der Waals surface area contributed by atoms with Crippen molar-refractivity contribution in [2.45, 2.75) is 24.7 Å². The number of hydrogen-bond donors (Lipinski definition) is 2. The summed E-state index contributed by atoms with van der Waals surface area (Å²) in [7, 11) is 0. The molecular formula is C22H21ClFN3O4. The Hall–Kier alpha value is -2.84. The summed E-state index contributed by atoms with van der Waals surface area (Å²) in [5.41, 5.74) is 0.0431. The van der Waals surface area contributed by atoms with Gasteiger partial charge in [0.05, 0.1) is 5.69 Å². The van der Waals surface area contributed by atoms with Gasteiger partial charge in [0.2, 0.25) is 0 Å². The third-order valence-electron chi connectivity index (χ3n) is 5.98. The highest BCUT2D eigenvalue weighted by molar-refractivity contribution is 6.30. The Labute approximate surface area is 183 Å². The molecule has 2 heterocycles. The minimum Gasteiger partial charge on any atom is -0.464 e. The molecule has 31 heavy (non-hydrogen) atoms. The van der Waals surface area contributed by atoms with E-state index in [1.165, 1.54) is 12.1 Å². The van der Waals surface area contributed by atoms with Gasteiger partial charge >= 0.3 is 0 Å². The molecule has 0 radical (unpaired) electrons. The summed E-state index contributed by atoms with van der Waals surface area (Å²) in [6, 6.07) is 9.46. The van der Waals surface area contributed by atoms with Crippen molar-refractivity contribution in [3.8, 4) is 5.75 Å². The third kappa shape index (κ3) is 3.70. The summed E-state index contributed by atoms with van der Waals surface area (Å²) in [5.74, 6) is -0.563. The predicted molar refractivity (Wildman–Crippen MR) is 112 cm³/mol. The number of carbonyl (C=O) groups excluding carboxylic acids is 2. The maximum absolute atomic E-state index is 14.8. The number of piperazine rings is 1. The summed E-state index contributed by atoms with van der Waals surface area (Å²) in [6.45, 7) is 1.39. The minimum absolute atomic E-state index is 0.236. The van der Waals surface area contributed by atoms with E-state index in [0.29, 0.717) is 49.8 Å². The molecule has 5 rings (SSSR count). The lowest BCUT2D eigenvalue weighted by atomic mass is 10.1. The van der Waals surface area contributed by atoms with Crippen LogP contribution in [0.2, 0.25) is 5.02 Å². The Bertz CT molecular complexity index is 1070. The Morgan fingerprint density at radius 1 is 1.10 bits per heavy atom. The van der Waals surface area contributed by atoms with Crippen LogP contribution in [0.1, 0.15) is 35.0 Å². The van der Waals surface area contributed by atoms with E-state index >= 15 is 0 Å². The lowest BCUT2D eigenvalue weighted by Crippen LogP contribution is -2.53. The second-order valence-corrected chi connectivity index (χ2v) is 8.57. The second kappa shape index (κ2) is 7.39. The first kappa shape index (κ1) is 20.1. The van der Waals surface area contributed by atoms with Gasteiger partial charge in [-0.2, -0.15) is 0 Å². The van der Waals surface area contributed by atoms with Gasteiger partial charge in [-0.15, -0.1) is 0 Å². The number of fused-ring (bicyclic) bond motifs is 1. The molecule has 1 saturated heterocycles. The number of nitrogens with one attached hydrogen (secondary N) is 1. The molecule has 9 heteroatoms. The number of benzene rings is 2. The molecule has 2 fully saturated rings. The molecule has 2 aromatic rings. The number of aliphatic hydroxyl groups is 1. The molecule has 1 atom stereocenters. The van der Waals surface area contributed by atoms with Gasteiger partial charge in [-0.1, -0.05) is 11.6 Å². The van der Waals surface area contributed by atoms with Gasteiger partial charge in [0.1, 0.15) is 17.2 Å². The monoisotopic (exact) mass is 445 g/mol. The molecule has 0 bridgehead atoms. The first-order valence-electron chi connectivity index (χ1n) is 10.2. The Balaban J connectivity index is 1.24. The maximum atomic E-state index is 14.8. The number of nitrogens with zero attached hydrogens (tertiary/aromatic N) is 2.